The minimum absolute atomic E-state index is 0.0390. The molecule has 0 unspecified atom stereocenters. The molecule has 0 radical (unpaired) electrons. The summed E-state index contributed by atoms with van der Waals surface area (Å²) in [6.07, 6.45) is 3.48. The SMILES string of the molecule is CC(C)c1ccc(COc2ccc(-c3c(-c4ccncc4)nn4c3C(=O)N(CCO[Si](C)(C)C(C)(C)C)CC4)cc2)cc1O. The van der Waals surface area contributed by atoms with Crippen molar-refractivity contribution >= 4 is 14.2 Å². The van der Waals surface area contributed by atoms with Crippen molar-refractivity contribution in [3.63, 3.8) is 0 Å². The summed E-state index contributed by atoms with van der Waals surface area (Å²) in [6, 6.07) is 17.3. The van der Waals surface area contributed by atoms with Gasteiger partial charge in [0.2, 0.25) is 0 Å². The van der Waals surface area contributed by atoms with E-state index in [0.717, 1.165) is 33.5 Å². The molecular weight excluding hydrogens is 568 g/mol. The topological polar surface area (TPSA) is 89.7 Å². The summed E-state index contributed by atoms with van der Waals surface area (Å²) in [4.78, 5) is 20.1. The molecule has 0 fully saturated rings. The number of phenols is 1. The van der Waals surface area contributed by atoms with Crippen molar-refractivity contribution in [1.29, 1.82) is 0 Å². The first-order chi connectivity index (χ1) is 20.9. The van der Waals surface area contributed by atoms with Gasteiger partial charge < -0.3 is 19.2 Å². The van der Waals surface area contributed by atoms with Gasteiger partial charge in [-0.25, -0.2) is 0 Å². The maximum absolute atomic E-state index is 14.0. The van der Waals surface area contributed by atoms with E-state index in [-0.39, 0.29) is 22.6 Å². The fraction of sp³-hybridized carbons (Fsp3) is 0.400. The summed E-state index contributed by atoms with van der Waals surface area (Å²) in [7, 11) is -1.92. The molecule has 1 aliphatic heterocycles. The van der Waals surface area contributed by atoms with Gasteiger partial charge >= 0.3 is 0 Å². The fourth-order valence-electron chi connectivity index (χ4n) is 5.19. The highest BCUT2D eigenvalue weighted by Crippen LogP contribution is 2.38. The number of rotatable bonds is 10. The number of fused-ring (bicyclic) bond motifs is 1. The van der Waals surface area contributed by atoms with Gasteiger partial charge in [-0.2, -0.15) is 5.10 Å². The van der Waals surface area contributed by atoms with Crippen LogP contribution in [0.5, 0.6) is 11.5 Å². The van der Waals surface area contributed by atoms with E-state index in [1.54, 1.807) is 18.5 Å². The number of carbonyl (C=O) groups excluding carboxylic acids is 1. The van der Waals surface area contributed by atoms with Crippen molar-refractivity contribution in [3.8, 4) is 33.9 Å². The lowest BCUT2D eigenvalue weighted by atomic mass is 9.98. The molecule has 0 spiro atoms. The highest BCUT2D eigenvalue weighted by atomic mass is 28.4. The van der Waals surface area contributed by atoms with Gasteiger partial charge in [0, 0.05) is 36.6 Å². The second-order valence-electron chi connectivity index (χ2n) is 13.3. The Morgan fingerprint density at radius 3 is 2.32 bits per heavy atom. The van der Waals surface area contributed by atoms with Crippen LogP contribution in [0.25, 0.3) is 22.4 Å². The van der Waals surface area contributed by atoms with Crippen LogP contribution in [-0.2, 0) is 17.6 Å². The summed E-state index contributed by atoms with van der Waals surface area (Å²) in [5, 5.41) is 15.4. The van der Waals surface area contributed by atoms with Crippen LogP contribution >= 0.6 is 0 Å². The third kappa shape index (κ3) is 6.59. The Morgan fingerprint density at radius 2 is 1.68 bits per heavy atom. The number of hydrogen-bond donors (Lipinski definition) is 1. The zero-order valence-electron chi connectivity index (χ0n) is 26.9. The fourth-order valence-corrected chi connectivity index (χ4v) is 6.22. The van der Waals surface area contributed by atoms with Crippen LogP contribution in [0.4, 0.5) is 0 Å². The van der Waals surface area contributed by atoms with E-state index in [1.807, 2.05) is 58.1 Å². The number of phenolic OH excluding ortho intramolecular Hbond substituents is 1. The number of carbonyl (C=O) groups is 1. The predicted molar refractivity (Wildman–Crippen MR) is 176 cm³/mol. The lowest BCUT2D eigenvalue weighted by Gasteiger charge is -2.37. The van der Waals surface area contributed by atoms with E-state index in [4.69, 9.17) is 14.3 Å². The number of hydrogen-bond acceptors (Lipinski definition) is 6. The molecule has 2 aromatic carbocycles. The molecule has 0 saturated carbocycles. The number of ether oxygens (including phenoxy) is 1. The molecule has 44 heavy (non-hydrogen) atoms. The molecule has 9 heteroatoms. The molecule has 0 saturated heterocycles. The standard InChI is InChI=1S/C35H44N4O4Si/c1-24(2)29-13-8-25(22-30(29)40)23-42-28-11-9-26(10-12-28)31-32(27-14-16-36-17-15-27)37-39-19-18-38(34(41)33(31)39)20-21-43-44(6,7)35(3,4)5/h8-17,22,24,40H,18-21,23H2,1-7H3. The maximum Gasteiger partial charge on any atom is 0.272 e. The third-order valence-corrected chi connectivity index (χ3v) is 13.4. The monoisotopic (exact) mass is 612 g/mol. The lowest BCUT2D eigenvalue weighted by Crippen LogP contribution is -2.46. The molecule has 1 N–H and O–H groups in total. The second kappa shape index (κ2) is 12.6. The summed E-state index contributed by atoms with van der Waals surface area (Å²) < 4.78 is 14.3. The van der Waals surface area contributed by atoms with E-state index < -0.39 is 8.32 Å². The molecule has 2 aromatic heterocycles. The van der Waals surface area contributed by atoms with E-state index in [2.05, 4.69) is 52.7 Å². The zero-order chi connectivity index (χ0) is 31.6. The van der Waals surface area contributed by atoms with Crippen molar-refractivity contribution in [1.82, 2.24) is 19.7 Å². The first kappa shape index (κ1) is 31.5. The Balaban J connectivity index is 1.39. The normalized spacial score (nSPS) is 13.8. The predicted octanol–water partition coefficient (Wildman–Crippen LogP) is 7.50. The van der Waals surface area contributed by atoms with Gasteiger partial charge in [-0.05, 0) is 71.1 Å². The highest BCUT2D eigenvalue weighted by Gasteiger charge is 2.38. The van der Waals surface area contributed by atoms with Crippen LogP contribution in [0.2, 0.25) is 18.1 Å². The summed E-state index contributed by atoms with van der Waals surface area (Å²) in [6.45, 7) is 17.9. The van der Waals surface area contributed by atoms with E-state index >= 15 is 0 Å². The Morgan fingerprint density at radius 1 is 0.977 bits per heavy atom. The van der Waals surface area contributed by atoms with Crippen molar-refractivity contribution in [3.05, 3.63) is 83.8 Å². The molecule has 3 heterocycles. The van der Waals surface area contributed by atoms with E-state index in [0.29, 0.717) is 44.3 Å². The van der Waals surface area contributed by atoms with Crippen LogP contribution in [0, 0.1) is 0 Å². The molecule has 1 amide bonds. The van der Waals surface area contributed by atoms with Gasteiger partial charge in [-0.3, -0.25) is 14.5 Å². The molecule has 1 aliphatic rings. The van der Waals surface area contributed by atoms with Crippen molar-refractivity contribution < 1.29 is 19.1 Å². The average molecular weight is 613 g/mol. The van der Waals surface area contributed by atoms with Gasteiger partial charge in [-0.1, -0.05) is 58.9 Å². The third-order valence-electron chi connectivity index (χ3n) is 8.87. The number of pyridine rings is 1. The molecule has 0 aliphatic carbocycles. The smallest absolute Gasteiger partial charge is 0.272 e. The summed E-state index contributed by atoms with van der Waals surface area (Å²) in [5.74, 6) is 1.20. The second-order valence-corrected chi connectivity index (χ2v) is 18.1. The summed E-state index contributed by atoms with van der Waals surface area (Å²) in [5.41, 5.74) is 5.75. The maximum atomic E-state index is 14.0. The Kier molecular flexibility index (Phi) is 8.99. The van der Waals surface area contributed by atoms with Gasteiger partial charge in [0.15, 0.2) is 8.32 Å². The number of nitrogens with zero attached hydrogens (tertiary/aromatic N) is 4. The first-order valence-electron chi connectivity index (χ1n) is 15.3. The largest absolute Gasteiger partial charge is 0.508 e. The molecule has 4 aromatic rings. The van der Waals surface area contributed by atoms with Gasteiger partial charge in [0.1, 0.15) is 29.5 Å². The van der Waals surface area contributed by atoms with Crippen LogP contribution in [0.1, 0.15) is 62.2 Å². The first-order valence-corrected chi connectivity index (χ1v) is 18.3. The van der Waals surface area contributed by atoms with Gasteiger partial charge in [0.05, 0.1) is 13.2 Å². The Bertz CT molecular complexity index is 1610. The molecule has 8 nitrogen and oxygen atoms in total. The van der Waals surface area contributed by atoms with Crippen LogP contribution < -0.4 is 4.74 Å². The molecule has 0 bridgehead atoms. The molecule has 0 atom stereocenters. The molecule has 5 rings (SSSR count). The number of benzene rings is 2. The van der Waals surface area contributed by atoms with Gasteiger partial charge in [-0.15, -0.1) is 0 Å². The van der Waals surface area contributed by atoms with Crippen LogP contribution in [0.15, 0.2) is 67.0 Å². The molecule has 232 valence electrons. The van der Waals surface area contributed by atoms with Crippen LogP contribution in [-0.4, -0.2) is 58.7 Å². The molecular formula is C35H44N4O4Si. The van der Waals surface area contributed by atoms with E-state index in [9.17, 15) is 9.90 Å². The minimum atomic E-state index is -1.92. The van der Waals surface area contributed by atoms with Gasteiger partial charge in [0.25, 0.3) is 5.91 Å². The number of amides is 1. The zero-order valence-corrected chi connectivity index (χ0v) is 27.9. The van der Waals surface area contributed by atoms with Crippen molar-refractivity contribution in [2.24, 2.45) is 0 Å². The average Bonchev–Trinajstić information content (AvgIpc) is 3.38. The quantitative estimate of drug-likeness (QED) is 0.187. The minimum Gasteiger partial charge on any atom is -0.508 e. The van der Waals surface area contributed by atoms with Crippen molar-refractivity contribution in [2.45, 2.75) is 71.8 Å². The van der Waals surface area contributed by atoms with Crippen LogP contribution in [0.3, 0.4) is 0 Å². The highest BCUT2D eigenvalue weighted by molar-refractivity contribution is 6.74. The van der Waals surface area contributed by atoms with E-state index in [1.165, 1.54) is 0 Å². The Labute approximate surface area is 261 Å². The number of aromatic nitrogens is 3. The lowest BCUT2D eigenvalue weighted by molar-refractivity contribution is 0.0666. The Hall–Kier alpha value is -3.95. The van der Waals surface area contributed by atoms with Crippen molar-refractivity contribution in [2.75, 3.05) is 19.7 Å². The number of aromatic hydroxyl groups is 1. The summed E-state index contributed by atoms with van der Waals surface area (Å²) >= 11 is 0.